The van der Waals surface area contributed by atoms with E-state index in [1.54, 1.807) is 14.2 Å². The molecule has 0 radical (unpaired) electrons. The maximum Gasteiger partial charge on any atom is 0.191 e. The lowest BCUT2D eigenvalue weighted by atomic mass is 10.2. The molecule has 0 atom stereocenters. The Balaban J connectivity index is 0.00000420. The number of hydrogen-bond donors (Lipinski definition) is 2. The summed E-state index contributed by atoms with van der Waals surface area (Å²) in [6.07, 6.45) is 0. The average Bonchev–Trinajstić information content (AvgIpc) is 2.70. The Morgan fingerprint density at radius 3 is 2.41 bits per heavy atom. The summed E-state index contributed by atoms with van der Waals surface area (Å²) in [7, 11) is 3.27. The van der Waals surface area contributed by atoms with Crippen molar-refractivity contribution < 1.29 is 23.0 Å². The van der Waals surface area contributed by atoms with Gasteiger partial charge in [0.2, 0.25) is 0 Å². The molecule has 2 rings (SSSR count). The molecule has 0 saturated heterocycles. The van der Waals surface area contributed by atoms with Gasteiger partial charge >= 0.3 is 0 Å². The van der Waals surface area contributed by atoms with E-state index in [0.717, 1.165) is 23.4 Å². The highest BCUT2D eigenvalue weighted by molar-refractivity contribution is 14.0. The van der Waals surface area contributed by atoms with Gasteiger partial charge in [0.1, 0.15) is 18.2 Å². The fraction of sp³-hybridized carbons (Fsp3) is 0.350. The van der Waals surface area contributed by atoms with Crippen LogP contribution < -0.4 is 20.1 Å². The first-order chi connectivity index (χ1) is 13.6. The highest BCUT2D eigenvalue weighted by Crippen LogP contribution is 2.18. The second-order valence-corrected chi connectivity index (χ2v) is 5.71. The smallest absolute Gasteiger partial charge is 0.191 e. The Bertz CT molecular complexity index is 778. The van der Waals surface area contributed by atoms with Crippen molar-refractivity contribution in [2.75, 3.05) is 40.5 Å². The normalized spacial score (nSPS) is 10.8. The van der Waals surface area contributed by atoms with E-state index in [9.17, 15) is 8.78 Å². The zero-order chi connectivity index (χ0) is 20.2. The van der Waals surface area contributed by atoms with Crippen LogP contribution in [-0.4, -0.2) is 46.4 Å². The molecular formula is C20H26F2IN3O3. The van der Waals surface area contributed by atoms with Crippen LogP contribution >= 0.6 is 24.0 Å². The van der Waals surface area contributed by atoms with Gasteiger partial charge in [-0.05, 0) is 18.2 Å². The second-order valence-electron chi connectivity index (χ2n) is 5.71. The predicted octanol–water partition coefficient (Wildman–Crippen LogP) is 3.35. The molecule has 2 N–H and O–H groups in total. The third kappa shape index (κ3) is 8.82. The molecule has 6 nitrogen and oxygen atoms in total. The number of methoxy groups -OCH3 is 1. The molecule has 0 aliphatic rings. The third-order valence-electron chi connectivity index (χ3n) is 3.76. The summed E-state index contributed by atoms with van der Waals surface area (Å²) in [5.74, 6) is 0.0145. The largest absolute Gasteiger partial charge is 0.496 e. The lowest BCUT2D eigenvalue weighted by molar-refractivity contribution is 0.123. The third-order valence-corrected chi connectivity index (χ3v) is 3.76. The number of benzene rings is 2. The number of guanidine groups is 1. The van der Waals surface area contributed by atoms with E-state index in [4.69, 9.17) is 14.2 Å². The number of aliphatic imine (C=N–C) groups is 1. The molecule has 0 aliphatic heterocycles. The van der Waals surface area contributed by atoms with Crippen molar-refractivity contribution >= 4 is 29.9 Å². The monoisotopic (exact) mass is 521 g/mol. The highest BCUT2D eigenvalue weighted by Gasteiger charge is 2.05. The Hall–Kier alpha value is -2.14. The first kappa shape index (κ1) is 24.9. The zero-order valence-electron chi connectivity index (χ0n) is 16.4. The van der Waals surface area contributed by atoms with Crippen molar-refractivity contribution in [2.24, 2.45) is 4.99 Å². The van der Waals surface area contributed by atoms with Gasteiger partial charge in [-0.3, -0.25) is 4.99 Å². The number of hydrogen-bond acceptors (Lipinski definition) is 4. The van der Waals surface area contributed by atoms with Gasteiger partial charge in [0.05, 0.1) is 26.9 Å². The molecule has 2 aromatic carbocycles. The maximum atomic E-state index is 13.5. The Morgan fingerprint density at radius 1 is 1.00 bits per heavy atom. The topological polar surface area (TPSA) is 64.1 Å². The van der Waals surface area contributed by atoms with E-state index in [2.05, 4.69) is 15.6 Å². The minimum Gasteiger partial charge on any atom is -0.496 e. The maximum absolute atomic E-state index is 13.5. The van der Waals surface area contributed by atoms with Gasteiger partial charge in [-0.25, -0.2) is 8.78 Å². The number of halogens is 3. The van der Waals surface area contributed by atoms with Gasteiger partial charge in [-0.1, -0.05) is 18.2 Å². The van der Waals surface area contributed by atoms with Crippen molar-refractivity contribution in [3.05, 3.63) is 59.7 Å². The predicted molar refractivity (Wildman–Crippen MR) is 119 cm³/mol. The minimum atomic E-state index is -0.727. The molecule has 0 aromatic heterocycles. The molecule has 0 unspecified atom stereocenters. The molecular weight excluding hydrogens is 495 g/mol. The van der Waals surface area contributed by atoms with E-state index in [1.807, 2.05) is 24.3 Å². The van der Waals surface area contributed by atoms with Crippen LogP contribution in [0.15, 0.2) is 47.5 Å². The number of ether oxygens (including phenoxy) is 3. The second kappa shape index (κ2) is 13.9. The summed E-state index contributed by atoms with van der Waals surface area (Å²) in [4.78, 5) is 4.08. The molecule has 160 valence electrons. The summed E-state index contributed by atoms with van der Waals surface area (Å²) in [5, 5.41) is 6.14. The summed E-state index contributed by atoms with van der Waals surface area (Å²) in [6.45, 7) is 2.10. The van der Waals surface area contributed by atoms with Gasteiger partial charge in [-0.15, -0.1) is 24.0 Å². The van der Waals surface area contributed by atoms with Crippen molar-refractivity contribution in [3.8, 4) is 11.5 Å². The van der Waals surface area contributed by atoms with Crippen molar-refractivity contribution in [1.29, 1.82) is 0 Å². The fourth-order valence-corrected chi connectivity index (χ4v) is 2.39. The Labute approximate surface area is 186 Å². The molecule has 0 bridgehead atoms. The van der Waals surface area contributed by atoms with Gasteiger partial charge in [-0.2, -0.15) is 0 Å². The fourth-order valence-electron chi connectivity index (χ4n) is 2.39. The average molecular weight is 521 g/mol. The van der Waals surface area contributed by atoms with Crippen LogP contribution in [0, 0.1) is 11.6 Å². The lowest BCUT2D eigenvalue weighted by Gasteiger charge is -2.13. The Kier molecular flexibility index (Phi) is 12.0. The SMILES string of the molecule is CN=C(NCCOCc1ccccc1OC)NCCOc1ccc(F)cc1F.I. The first-order valence-corrected chi connectivity index (χ1v) is 8.86. The van der Waals surface area contributed by atoms with Gasteiger partial charge in [0.15, 0.2) is 17.5 Å². The molecule has 0 amide bonds. The number of nitrogens with one attached hydrogen (secondary N) is 2. The molecule has 0 fully saturated rings. The summed E-state index contributed by atoms with van der Waals surface area (Å²) >= 11 is 0. The standard InChI is InChI=1S/C20H25F2N3O3.HI/c1-23-20(25-10-12-28-19-8-7-16(21)13-17(19)22)24-9-11-27-14-15-5-3-4-6-18(15)26-2;/h3-8,13H,9-12,14H2,1-2H3,(H2,23,24,25);1H. The first-order valence-electron chi connectivity index (χ1n) is 8.86. The number of rotatable bonds is 10. The minimum absolute atomic E-state index is 0. The zero-order valence-corrected chi connectivity index (χ0v) is 18.7. The van der Waals surface area contributed by atoms with Crippen LogP contribution in [0.2, 0.25) is 0 Å². The molecule has 9 heteroatoms. The molecule has 0 spiro atoms. The highest BCUT2D eigenvalue weighted by atomic mass is 127. The summed E-state index contributed by atoms with van der Waals surface area (Å²) in [6, 6.07) is 10.9. The van der Waals surface area contributed by atoms with Crippen molar-refractivity contribution in [2.45, 2.75) is 6.61 Å². The molecule has 0 saturated carbocycles. The summed E-state index contributed by atoms with van der Waals surface area (Å²) < 4.78 is 42.5. The van der Waals surface area contributed by atoms with Gasteiger partial charge < -0.3 is 24.8 Å². The van der Waals surface area contributed by atoms with E-state index < -0.39 is 11.6 Å². The van der Waals surface area contributed by atoms with E-state index >= 15 is 0 Å². The summed E-state index contributed by atoms with van der Waals surface area (Å²) in [5.41, 5.74) is 0.984. The number of para-hydroxylation sites is 1. The van der Waals surface area contributed by atoms with Gasteiger partial charge in [0.25, 0.3) is 0 Å². The van der Waals surface area contributed by atoms with E-state index in [0.29, 0.717) is 32.3 Å². The molecule has 29 heavy (non-hydrogen) atoms. The number of nitrogens with zero attached hydrogens (tertiary/aromatic N) is 1. The van der Waals surface area contributed by atoms with Crippen LogP contribution in [0.1, 0.15) is 5.56 Å². The Morgan fingerprint density at radius 2 is 1.72 bits per heavy atom. The van der Waals surface area contributed by atoms with Crippen LogP contribution in [0.25, 0.3) is 0 Å². The quantitative estimate of drug-likeness (QED) is 0.218. The van der Waals surface area contributed by atoms with E-state index in [-0.39, 0.29) is 36.3 Å². The van der Waals surface area contributed by atoms with Crippen LogP contribution in [0.3, 0.4) is 0 Å². The van der Waals surface area contributed by atoms with E-state index in [1.165, 1.54) is 6.07 Å². The van der Waals surface area contributed by atoms with Crippen LogP contribution in [0.4, 0.5) is 8.78 Å². The van der Waals surface area contributed by atoms with Crippen LogP contribution in [0.5, 0.6) is 11.5 Å². The molecule has 2 aromatic rings. The molecule has 0 aliphatic carbocycles. The molecule has 0 heterocycles. The van der Waals surface area contributed by atoms with Crippen molar-refractivity contribution in [3.63, 3.8) is 0 Å². The van der Waals surface area contributed by atoms with Crippen molar-refractivity contribution in [1.82, 2.24) is 10.6 Å². The lowest BCUT2D eigenvalue weighted by Crippen LogP contribution is -2.40. The van der Waals surface area contributed by atoms with Gasteiger partial charge in [0, 0.05) is 25.2 Å². The van der Waals surface area contributed by atoms with Crippen LogP contribution in [-0.2, 0) is 11.3 Å².